The second-order valence-electron chi connectivity index (χ2n) is 4.90. The molecular weight excluding hydrogens is 244 g/mol. The van der Waals surface area contributed by atoms with E-state index in [0.29, 0.717) is 11.3 Å². The Morgan fingerprint density at radius 2 is 2.22 bits per heavy atom. The monoisotopic (exact) mass is 264 g/mol. The molecule has 1 aromatic carbocycles. The van der Waals surface area contributed by atoms with Crippen LogP contribution in [0, 0.1) is 0 Å². The molecule has 0 radical (unpaired) electrons. The molecule has 4 heteroatoms. The number of benzene rings is 1. The van der Waals surface area contributed by atoms with Crippen LogP contribution in [0.15, 0.2) is 24.3 Å². The summed E-state index contributed by atoms with van der Waals surface area (Å²) in [6, 6.07) is 8.28. The molecule has 1 N–H and O–H groups in total. The van der Waals surface area contributed by atoms with Crippen molar-refractivity contribution in [2.45, 2.75) is 24.6 Å². The third kappa shape index (κ3) is 2.99. The third-order valence-corrected chi connectivity index (χ3v) is 4.57. The molecule has 18 heavy (non-hydrogen) atoms. The molecule has 2 atom stereocenters. The Labute approximate surface area is 113 Å². The molecule has 1 aromatic rings. The molecule has 1 fully saturated rings. The molecule has 98 valence electrons. The summed E-state index contributed by atoms with van der Waals surface area (Å²) in [5.41, 5.74) is 1.78. The van der Waals surface area contributed by atoms with Crippen molar-refractivity contribution in [3.05, 3.63) is 29.8 Å². The van der Waals surface area contributed by atoms with E-state index in [1.54, 1.807) is 19.0 Å². The second kappa shape index (κ2) is 5.65. The van der Waals surface area contributed by atoms with Crippen LogP contribution in [0.3, 0.4) is 0 Å². The van der Waals surface area contributed by atoms with Crippen molar-refractivity contribution in [1.29, 1.82) is 0 Å². The summed E-state index contributed by atoms with van der Waals surface area (Å²) in [5, 5.41) is 4.17. The van der Waals surface area contributed by atoms with Crippen molar-refractivity contribution in [1.82, 2.24) is 4.90 Å². The van der Waals surface area contributed by atoms with Gasteiger partial charge in [0.1, 0.15) is 0 Å². The van der Waals surface area contributed by atoms with E-state index < -0.39 is 0 Å². The number of thioether (sulfide) groups is 1. The number of rotatable bonds is 3. The van der Waals surface area contributed by atoms with Gasteiger partial charge in [0.2, 0.25) is 0 Å². The van der Waals surface area contributed by atoms with E-state index in [4.69, 9.17) is 0 Å². The molecule has 1 aliphatic rings. The Morgan fingerprint density at radius 3 is 2.83 bits per heavy atom. The molecule has 0 bridgehead atoms. The number of carbonyl (C=O) groups excluding carboxylic acids is 1. The summed E-state index contributed by atoms with van der Waals surface area (Å²) in [5.74, 6) is 1.27. The van der Waals surface area contributed by atoms with Gasteiger partial charge in [-0.05, 0) is 30.4 Å². The topological polar surface area (TPSA) is 32.3 Å². The Bertz CT molecular complexity index is 434. The number of hydrogen-bond donors (Lipinski definition) is 1. The molecule has 2 unspecified atom stereocenters. The molecule has 0 saturated carbocycles. The quantitative estimate of drug-likeness (QED) is 0.911. The van der Waals surface area contributed by atoms with E-state index in [1.807, 2.05) is 36.0 Å². The third-order valence-electron chi connectivity index (χ3n) is 3.24. The fourth-order valence-electron chi connectivity index (χ4n) is 2.14. The van der Waals surface area contributed by atoms with Crippen molar-refractivity contribution >= 4 is 23.4 Å². The van der Waals surface area contributed by atoms with E-state index in [2.05, 4.69) is 12.2 Å². The Morgan fingerprint density at radius 1 is 1.44 bits per heavy atom. The zero-order valence-corrected chi connectivity index (χ0v) is 12.0. The second-order valence-corrected chi connectivity index (χ2v) is 6.38. The highest BCUT2D eigenvalue weighted by Crippen LogP contribution is 2.29. The molecule has 2 rings (SSSR count). The molecule has 1 heterocycles. The van der Waals surface area contributed by atoms with Crippen LogP contribution in [-0.4, -0.2) is 41.9 Å². The number of nitrogens with zero attached hydrogens (tertiary/aromatic N) is 1. The first kappa shape index (κ1) is 13.3. The average Bonchev–Trinajstić information content (AvgIpc) is 2.74. The highest BCUT2D eigenvalue weighted by atomic mass is 32.2. The largest absolute Gasteiger partial charge is 0.381 e. The zero-order valence-electron chi connectivity index (χ0n) is 11.1. The number of anilines is 1. The molecule has 0 spiro atoms. The van der Waals surface area contributed by atoms with Crippen LogP contribution in [0.2, 0.25) is 0 Å². The first-order valence-electron chi connectivity index (χ1n) is 6.28. The maximum absolute atomic E-state index is 11.9. The van der Waals surface area contributed by atoms with Crippen LogP contribution < -0.4 is 5.32 Å². The molecule has 1 amide bonds. The lowest BCUT2D eigenvalue weighted by Crippen LogP contribution is -2.25. The van der Waals surface area contributed by atoms with E-state index in [-0.39, 0.29) is 5.91 Å². The van der Waals surface area contributed by atoms with E-state index in [0.717, 1.165) is 11.3 Å². The molecular formula is C14H20N2OS. The smallest absolute Gasteiger partial charge is 0.253 e. The highest BCUT2D eigenvalue weighted by molar-refractivity contribution is 8.00. The summed E-state index contributed by atoms with van der Waals surface area (Å²) in [6.07, 6.45) is 1.19. The van der Waals surface area contributed by atoms with Crippen molar-refractivity contribution in [3.8, 4) is 0 Å². The molecule has 0 aliphatic carbocycles. The van der Waals surface area contributed by atoms with E-state index >= 15 is 0 Å². The molecule has 1 aliphatic heterocycles. The lowest BCUT2D eigenvalue weighted by Gasteiger charge is -2.18. The van der Waals surface area contributed by atoms with Crippen LogP contribution in [0.5, 0.6) is 0 Å². The normalized spacial score (nSPS) is 22.8. The van der Waals surface area contributed by atoms with Crippen molar-refractivity contribution in [2.24, 2.45) is 0 Å². The van der Waals surface area contributed by atoms with Gasteiger partial charge in [-0.1, -0.05) is 13.0 Å². The number of amides is 1. The fraction of sp³-hybridized carbons (Fsp3) is 0.500. The molecule has 1 saturated heterocycles. The van der Waals surface area contributed by atoms with Crippen LogP contribution in [-0.2, 0) is 0 Å². The van der Waals surface area contributed by atoms with Gasteiger partial charge in [0.05, 0.1) is 0 Å². The number of hydrogen-bond acceptors (Lipinski definition) is 3. The van der Waals surface area contributed by atoms with Gasteiger partial charge in [0.25, 0.3) is 5.91 Å². The van der Waals surface area contributed by atoms with Gasteiger partial charge in [-0.15, -0.1) is 0 Å². The van der Waals surface area contributed by atoms with Crippen LogP contribution in [0.25, 0.3) is 0 Å². The lowest BCUT2D eigenvalue weighted by atomic mass is 10.1. The zero-order chi connectivity index (χ0) is 13.1. The Balaban J connectivity index is 2.10. The summed E-state index contributed by atoms with van der Waals surface area (Å²) < 4.78 is 0. The first-order valence-corrected chi connectivity index (χ1v) is 7.32. The van der Waals surface area contributed by atoms with Crippen LogP contribution in [0.1, 0.15) is 23.7 Å². The van der Waals surface area contributed by atoms with E-state index in [1.165, 1.54) is 12.2 Å². The summed E-state index contributed by atoms with van der Waals surface area (Å²) in [7, 11) is 3.55. The standard InChI is InChI=1S/C14H20N2OS/c1-10-13(7-8-18-10)15-12-6-4-5-11(9-12)14(17)16(2)3/h4-6,9-10,13,15H,7-8H2,1-3H3. The maximum Gasteiger partial charge on any atom is 0.253 e. The highest BCUT2D eigenvalue weighted by Gasteiger charge is 2.23. The van der Waals surface area contributed by atoms with Crippen LogP contribution in [0.4, 0.5) is 5.69 Å². The maximum atomic E-state index is 11.9. The minimum atomic E-state index is 0.0486. The predicted molar refractivity (Wildman–Crippen MR) is 78.4 cm³/mol. The van der Waals surface area contributed by atoms with Gasteiger partial charge in [0.15, 0.2) is 0 Å². The van der Waals surface area contributed by atoms with Crippen molar-refractivity contribution in [2.75, 3.05) is 25.2 Å². The Hall–Kier alpha value is -1.16. The van der Waals surface area contributed by atoms with Crippen molar-refractivity contribution in [3.63, 3.8) is 0 Å². The summed E-state index contributed by atoms with van der Waals surface area (Å²) in [4.78, 5) is 13.5. The number of nitrogens with one attached hydrogen (secondary N) is 1. The van der Waals surface area contributed by atoms with E-state index in [9.17, 15) is 4.79 Å². The first-order chi connectivity index (χ1) is 8.58. The van der Waals surface area contributed by atoms with Gasteiger partial charge in [-0.3, -0.25) is 4.79 Å². The SMILES string of the molecule is CC1SCCC1Nc1cccc(C(=O)N(C)C)c1. The summed E-state index contributed by atoms with van der Waals surface area (Å²) >= 11 is 2.00. The molecule has 0 aromatic heterocycles. The fourth-order valence-corrected chi connectivity index (χ4v) is 3.33. The average molecular weight is 264 g/mol. The van der Waals surface area contributed by atoms with Gasteiger partial charge in [0, 0.05) is 36.6 Å². The van der Waals surface area contributed by atoms with Gasteiger partial charge in [-0.25, -0.2) is 0 Å². The Kier molecular flexibility index (Phi) is 4.17. The van der Waals surface area contributed by atoms with Gasteiger partial charge >= 0.3 is 0 Å². The van der Waals surface area contributed by atoms with Crippen molar-refractivity contribution < 1.29 is 4.79 Å². The number of carbonyl (C=O) groups is 1. The van der Waals surface area contributed by atoms with Crippen LogP contribution >= 0.6 is 11.8 Å². The minimum absolute atomic E-state index is 0.0486. The summed E-state index contributed by atoms with van der Waals surface area (Å²) in [6.45, 7) is 2.25. The minimum Gasteiger partial charge on any atom is -0.381 e. The van der Waals surface area contributed by atoms with Gasteiger partial charge in [-0.2, -0.15) is 11.8 Å². The van der Waals surface area contributed by atoms with Gasteiger partial charge < -0.3 is 10.2 Å². The predicted octanol–water partition coefficient (Wildman–Crippen LogP) is 2.69. The molecule has 3 nitrogen and oxygen atoms in total. The lowest BCUT2D eigenvalue weighted by molar-refractivity contribution is 0.0827.